The molecular weight excluding hydrogens is 341 g/mol. The monoisotopic (exact) mass is 351 g/mol. The van der Waals surface area contributed by atoms with E-state index < -0.39 is 21.9 Å². The topological polar surface area (TPSA) is 74.7 Å². The predicted octanol–water partition coefficient (Wildman–Crippen LogP) is 1.81. The molecule has 0 aromatic heterocycles. The molecule has 0 spiro atoms. The van der Waals surface area contributed by atoms with Crippen molar-refractivity contribution >= 4 is 37.7 Å². The zero-order valence-electron chi connectivity index (χ0n) is 9.71. The smallest absolute Gasteiger partial charge is 0.302 e. The Morgan fingerprint density at radius 1 is 1.47 bits per heavy atom. The first-order chi connectivity index (χ1) is 8.76. The summed E-state index contributed by atoms with van der Waals surface area (Å²) in [7, 11) is -4.60. The Morgan fingerprint density at radius 2 is 2.16 bits per heavy atom. The maximum absolute atomic E-state index is 12.6. The van der Waals surface area contributed by atoms with Crippen LogP contribution in [0.4, 0.5) is 9.57 Å². The van der Waals surface area contributed by atoms with Crippen molar-refractivity contribution in [2.75, 3.05) is 17.2 Å². The van der Waals surface area contributed by atoms with Crippen molar-refractivity contribution in [3.05, 3.63) is 22.7 Å². The molecule has 1 atom stereocenters. The number of phenolic OH excluding ortho intramolecular Hbond substituents is 1. The van der Waals surface area contributed by atoms with E-state index in [9.17, 15) is 22.2 Å². The molecular formula is C11H11BrFNO4S. The number of hydrogen-bond donors (Lipinski definition) is 1. The number of carbonyl (C=O) groups excluding carboxylic acids is 1. The number of anilines is 1. The SMILES string of the molecule is O=C1CC(CS(=O)(=O)F)CN1c1ccc(Br)cc1O. The van der Waals surface area contributed by atoms with Gasteiger partial charge in [0, 0.05) is 23.4 Å². The van der Waals surface area contributed by atoms with E-state index in [0.29, 0.717) is 10.2 Å². The van der Waals surface area contributed by atoms with Crippen LogP contribution in [0.3, 0.4) is 0 Å². The molecule has 0 radical (unpaired) electrons. The molecule has 1 aliphatic rings. The molecule has 1 unspecified atom stereocenters. The average Bonchev–Trinajstić information content (AvgIpc) is 2.56. The predicted molar refractivity (Wildman–Crippen MR) is 71.2 cm³/mol. The van der Waals surface area contributed by atoms with Crippen molar-refractivity contribution in [3.8, 4) is 5.75 Å². The summed E-state index contributed by atoms with van der Waals surface area (Å²) >= 11 is 3.18. The van der Waals surface area contributed by atoms with E-state index in [1.54, 1.807) is 12.1 Å². The second-order valence-electron chi connectivity index (χ2n) is 4.41. The minimum Gasteiger partial charge on any atom is -0.506 e. The Bertz CT molecular complexity index is 619. The lowest BCUT2D eigenvalue weighted by Crippen LogP contribution is -2.25. The van der Waals surface area contributed by atoms with Crippen LogP contribution in [0.1, 0.15) is 6.42 Å². The molecule has 5 nitrogen and oxygen atoms in total. The fourth-order valence-electron chi connectivity index (χ4n) is 2.13. The number of halogens is 2. The highest BCUT2D eigenvalue weighted by Crippen LogP contribution is 2.34. The maximum atomic E-state index is 12.6. The third kappa shape index (κ3) is 3.44. The van der Waals surface area contributed by atoms with Crippen LogP contribution >= 0.6 is 15.9 Å². The summed E-state index contributed by atoms with van der Waals surface area (Å²) in [5.41, 5.74) is 0.298. The van der Waals surface area contributed by atoms with E-state index in [1.165, 1.54) is 11.0 Å². The van der Waals surface area contributed by atoms with E-state index in [0.717, 1.165) is 0 Å². The van der Waals surface area contributed by atoms with Gasteiger partial charge in [0.05, 0.1) is 11.4 Å². The van der Waals surface area contributed by atoms with Crippen molar-refractivity contribution in [1.29, 1.82) is 0 Å². The van der Waals surface area contributed by atoms with Crippen molar-refractivity contribution < 1.29 is 22.2 Å². The van der Waals surface area contributed by atoms with Gasteiger partial charge < -0.3 is 10.0 Å². The summed E-state index contributed by atoms with van der Waals surface area (Å²) in [6, 6.07) is 4.63. The highest BCUT2D eigenvalue weighted by atomic mass is 79.9. The minimum atomic E-state index is -4.60. The molecule has 1 aromatic carbocycles. The van der Waals surface area contributed by atoms with Crippen LogP contribution in [-0.2, 0) is 15.0 Å². The summed E-state index contributed by atoms with van der Waals surface area (Å²) in [6.45, 7) is 0.0805. The maximum Gasteiger partial charge on any atom is 0.302 e. The second-order valence-corrected chi connectivity index (χ2v) is 6.74. The number of hydrogen-bond acceptors (Lipinski definition) is 4. The van der Waals surface area contributed by atoms with Gasteiger partial charge in [0.1, 0.15) is 5.75 Å². The van der Waals surface area contributed by atoms with Crippen LogP contribution in [0.15, 0.2) is 22.7 Å². The van der Waals surface area contributed by atoms with Gasteiger partial charge in [-0.15, -0.1) is 3.89 Å². The molecule has 2 rings (SSSR count). The van der Waals surface area contributed by atoms with Crippen molar-refractivity contribution in [1.82, 2.24) is 0 Å². The fourth-order valence-corrected chi connectivity index (χ4v) is 3.27. The average molecular weight is 352 g/mol. The Kier molecular flexibility index (Phi) is 3.82. The van der Waals surface area contributed by atoms with Gasteiger partial charge in [-0.05, 0) is 18.2 Å². The van der Waals surface area contributed by atoms with Crippen LogP contribution in [0.2, 0.25) is 0 Å². The quantitative estimate of drug-likeness (QED) is 0.842. The summed E-state index contributed by atoms with van der Waals surface area (Å²) in [6.07, 6.45) is -0.0430. The van der Waals surface area contributed by atoms with E-state index in [-0.39, 0.29) is 24.6 Å². The molecule has 8 heteroatoms. The Hall–Kier alpha value is -1.15. The molecule has 1 saturated heterocycles. The Labute approximate surface area is 118 Å². The van der Waals surface area contributed by atoms with Gasteiger partial charge in [0.25, 0.3) is 0 Å². The number of benzene rings is 1. The summed E-state index contributed by atoms with van der Waals surface area (Å²) in [5.74, 6) is -1.68. The van der Waals surface area contributed by atoms with Gasteiger partial charge in [-0.1, -0.05) is 15.9 Å². The number of carbonyl (C=O) groups is 1. The highest BCUT2D eigenvalue weighted by molar-refractivity contribution is 9.10. The lowest BCUT2D eigenvalue weighted by atomic mass is 10.1. The van der Waals surface area contributed by atoms with Crippen LogP contribution in [0, 0.1) is 5.92 Å². The molecule has 1 heterocycles. The molecule has 0 aliphatic carbocycles. The van der Waals surface area contributed by atoms with Crippen molar-refractivity contribution in [3.63, 3.8) is 0 Å². The van der Waals surface area contributed by atoms with Gasteiger partial charge >= 0.3 is 10.2 Å². The van der Waals surface area contributed by atoms with Crippen LogP contribution < -0.4 is 4.90 Å². The molecule has 1 N–H and O–H groups in total. The first-order valence-corrected chi connectivity index (χ1v) is 7.82. The number of nitrogens with zero attached hydrogens (tertiary/aromatic N) is 1. The van der Waals surface area contributed by atoms with Crippen molar-refractivity contribution in [2.24, 2.45) is 5.92 Å². The molecule has 0 saturated carbocycles. The lowest BCUT2D eigenvalue weighted by Gasteiger charge is -2.17. The molecule has 104 valence electrons. The van der Waals surface area contributed by atoms with Gasteiger partial charge in [-0.3, -0.25) is 4.79 Å². The number of phenols is 1. The summed E-state index contributed by atoms with van der Waals surface area (Å²) in [5, 5.41) is 9.77. The number of aromatic hydroxyl groups is 1. The lowest BCUT2D eigenvalue weighted by molar-refractivity contribution is -0.117. The molecule has 1 amide bonds. The zero-order valence-corrected chi connectivity index (χ0v) is 12.1. The largest absolute Gasteiger partial charge is 0.506 e. The third-order valence-corrected chi connectivity index (χ3v) is 4.23. The van der Waals surface area contributed by atoms with E-state index in [1.807, 2.05) is 0 Å². The number of rotatable bonds is 3. The van der Waals surface area contributed by atoms with Crippen LogP contribution in [0.25, 0.3) is 0 Å². The minimum absolute atomic E-state index is 0.0430. The van der Waals surface area contributed by atoms with Crippen LogP contribution in [-0.4, -0.2) is 31.7 Å². The van der Waals surface area contributed by atoms with Gasteiger partial charge in [-0.2, -0.15) is 8.42 Å². The molecule has 1 fully saturated rings. The normalized spacial score (nSPS) is 20.0. The highest BCUT2D eigenvalue weighted by Gasteiger charge is 2.34. The fraction of sp³-hybridized carbons (Fsp3) is 0.364. The number of amides is 1. The second kappa shape index (κ2) is 5.09. The zero-order chi connectivity index (χ0) is 14.2. The molecule has 19 heavy (non-hydrogen) atoms. The summed E-state index contributed by atoms with van der Waals surface area (Å²) < 4.78 is 34.5. The molecule has 1 aromatic rings. The Morgan fingerprint density at radius 3 is 2.74 bits per heavy atom. The van der Waals surface area contributed by atoms with E-state index in [2.05, 4.69) is 15.9 Å². The standard InChI is InChI=1S/C11H11BrFNO4S/c12-8-1-2-9(10(15)4-8)14-5-7(3-11(14)16)6-19(13,17)18/h1-2,4,7,15H,3,5-6H2. The van der Waals surface area contributed by atoms with Gasteiger partial charge in [-0.25, -0.2) is 0 Å². The first kappa shape index (κ1) is 14.3. The summed E-state index contributed by atoms with van der Waals surface area (Å²) in [4.78, 5) is 13.1. The van der Waals surface area contributed by atoms with Gasteiger partial charge in [0.2, 0.25) is 5.91 Å². The Balaban J connectivity index is 2.20. The first-order valence-electron chi connectivity index (χ1n) is 5.47. The third-order valence-electron chi connectivity index (χ3n) is 2.87. The van der Waals surface area contributed by atoms with Gasteiger partial charge in [0.15, 0.2) is 0 Å². The van der Waals surface area contributed by atoms with Crippen molar-refractivity contribution in [2.45, 2.75) is 6.42 Å². The molecule has 1 aliphatic heterocycles. The van der Waals surface area contributed by atoms with Crippen LogP contribution in [0.5, 0.6) is 5.75 Å². The van der Waals surface area contributed by atoms with E-state index >= 15 is 0 Å². The van der Waals surface area contributed by atoms with E-state index in [4.69, 9.17) is 0 Å². The molecule has 0 bridgehead atoms.